The second-order valence-electron chi connectivity index (χ2n) is 8.36. The summed E-state index contributed by atoms with van der Waals surface area (Å²) in [7, 11) is 1.61. The molecule has 31 heavy (non-hydrogen) atoms. The van der Waals surface area contributed by atoms with Crippen molar-refractivity contribution in [3.63, 3.8) is 0 Å². The molecule has 1 aliphatic carbocycles. The minimum atomic E-state index is -4.29. The highest BCUT2D eigenvalue weighted by atomic mass is 19.4. The molecule has 0 saturated carbocycles. The van der Waals surface area contributed by atoms with Crippen LogP contribution in [0, 0.1) is 0 Å². The van der Waals surface area contributed by atoms with Crippen LogP contribution in [0.3, 0.4) is 0 Å². The number of ether oxygens (including phenoxy) is 2. The van der Waals surface area contributed by atoms with Crippen molar-refractivity contribution in [2.24, 2.45) is 0 Å². The highest BCUT2D eigenvalue weighted by Crippen LogP contribution is 2.38. The van der Waals surface area contributed by atoms with Crippen LogP contribution in [0.1, 0.15) is 43.2 Å². The van der Waals surface area contributed by atoms with Crippen molar-refractivity contribution < 1.29 is 22.6 Å². The number of methoxy groups -OCH3 is 1. The molecule has 1 fully saturated rings. The van der Waals surface area contributed by atoms with Gasteiger partial charge in [0.15, 0.2) is 11.5 Å². The Morgan fingerprint density at radius 1 is 1.03 bits per heavy atom. The van der Waals surface area contributed by atoms with E-state index in [0.29, 0.717) is 29.4 Å². The minimum Gasteiger partial charge on any atom is -0.493 e. The van der Waals surface area contributed by atoms with E-state index in [2.05, 4.69) is 15.2 Å². The van der Waals surface area contributed by atoms with Crippen LogP contribution < -0.4 is 14.8 Å². The minimum absolute atomic E-state index is 0.338. The van der Waals surface area contributed by atoms with Gasteiger partial charge in [0, 0.05) is 18.0 Å². The quantitative estimate of drug-likeness (QED) is 0.592. The van der Waals surface area contributed by atoms with Crippen molar-refractivity contribution in [3.8, 4) is 11.5 Å². The van der Waals surface area contributed by atoms with E-state index in [1.165, 1.54) is 12.8 Å². The van der Waals surface area contributed by atoms with E-state index in [9.17, 15) is 13.2 Å². The van der Waals surface area contributed by atoms with Gasteiger partial charge in [0.1, 0.15) is 12.4 Å². The summed E-state index contributed by atoms with van der Waals surface area (Å²) in [5.41, 5.74) is 2.60. The van der Waals surface area contributed by atoms with Gasteiger partial charge in [-0.15, -0.1) is 0 Å². The largest absolute Gasteiger partial charge is 0.493 e. The standard InChI is InChI=1S/C23H30F3N3O2/c1-30-20-13-18-16-7-2-3-8-17(16)22(27-15-23(24,25)26)28-19(18)14-21(20)31-12-6-11-29-9-4-5-10-29/h13-14H,2-12,15H2,1H3,(H,27,28). The smallest absolute Gasteiger partial charge is 0.405 e. The summed E-state index contributed by atoms with van der Waals surface area (Å²) in [5, 5.41) is 3.46. The predicted octanol–water partition coefficient (Wildman–Crippen LogP) is 4.96. The molecule has 1 aromatic carbocycles. The van der Waals surface area contributed by atoms with Gasteiger partial charge in [0.25, 0.3) is 0 Å². The number of aryl methyl sites for hydroxylation is 1. The highest BCUT2D eigenvalue weighted by Gasteiger charge is 2.28. The normalized spacial score (nSPS) is 17.0. The second-order valence-corrected chi connectivity index (χ2v) is 8.36. The summed E-state index contributed by atoms with van der Waals surface area (Å²) in [4.78, 5) is 7.00. The zero-order valence-electron chi connectivity index (χ0n) is 18.0. The van der Waals surface area contributed by atoms with E-state index < -0.39 is 12.7 Å². The van der Waals surface area contributed by atoms with Crippen molar-refractivity contribution in [3.05, 3.63) is 23.3 Å². The highest BCUT2D eigenvalue weighted by molar-refractivity contribution is 5.89. The van der Waals surface area contributed by atoms with Crippen LogP contribution in [0.25, 0.3) is 10.9 Å². The molecule has 2 aromatic rings. The Labute approximate surface area is 180 Å². The summed E-state index contributed by atoms with van der Waals surface area (Å²) >= 11 is 0. The number of pyridine rings is 1. The Hall–Kier alpha value is -2.22. The molecule has 2 heterocycles. The third-order valence-electron chi connectivity index (χ3n) is 6.12. The number of alkyl halides is 3. The molecular formula is C23H30F3N3O2. The molecule has 4 rings (SSSR count). The summed E-state index contributed by atoms with van der Waals surface area (Å²) < 4.78 is 50.0. The van der Waals surface area contributed by atoms with Gasteiger partial charge in [-0.2, -0.15) is 13.2 Å². The Bertz CT molecular complexity index is 911. The predicted molar refractivity (Wildman–Crippen MR) is 115 cm³/mol. The van der Waals surface area contributed by atoms with Crippen LogP contribution >= 0.6 is 0 Å². The molecule has 5 nitrogen and oxygen atoms in total. The van der Waals surface area contributed by atoms with Crippen molar-refractivity contribution >= 4 is 16.7 Å². The number of nitrogens with one attached hydrogen (secondary N) is 1. The third-order valence-corrected chi connectivity index (χ3v) is 6.12. The van der Waals surface area contributed by atoms with Gasteiger partial charge in [-0.25, -0.2) is 4.98 Å². The van der Waals surface area contributed by atoms with E-state index in [0.717, 1.165) is 68.3 Å². The first-order valence-electron chi connectivity index (χ1n) is 11.1. The average Bonchev–Trinajstić information content (AvgIpc) is 3.27. The number of aromatic nitrogens is 1. The molecule has 1 N–H and O–H groups in total. The zero-order valence-corrected chi connectivity index (χ0v) is 18.0. The Balaban J connectivity index is 1.58. The summed E-state index contributed by atoms with van der Waals surface area (Å²) in [6, 6.07) is 3.73. The van der Waals surface area contributed by atoms with E-state index in [-0.39, 0.29) is 0 Å². The molecule has 1 aromatic heterocycles. The number of hydrogen-bond acceptors (Lipinski definition) is 5. The number of anilines is 1. The topological polar surface area (TPSA) is 46.6 Å². The zero-order chi connectivity index (χ0) is 21.8. The first-order chi connectivity index (χ1) is 14.9. The van der Waals surface area contributed by atoms with E-state index in [1.807, 2.05) is 6.07 Å². The molecular weight excluding hydrogens is 407 g/mol. The fraction of sp³-hybridized carbons (Fsp3) is 0.609. The number of rotatable bonds is 8. The molecule has 0 amide bonds. The molecule has 0 atom stereocenters. The average molecular weight is 438 g/mol. The molecule has 170 valence electrons. The molecule has 0 spiro atoms. The van der Waals surface area contributed by atoms with Gasteiger partial charge >= 0.3 is 6.18 Å². The second kappa shape index (κ2) is 9.51. The molecule has 1 saturated heterocycles. The Morgan fingerprint density at radius 2 is 1.77 bits per heavy atom. The fourth-order valence-electron chi connectivity index (χ4n) is 4.61. The van der Waals surface area contributed by atoms with Crippen molar-refractivity contribution in [2.75, 3.05) is 45.2 Å². The van der Waals surface area contributed by atoms with Crippen molar-refractivity contribution in [2.45, 2.75) is 51.1 Å². The summed E-state index contributed by atoms with van der Waals surface area (Å²) in [6.07, 6.45) is 2.68. The number of nitrogens with zero attached hydrogens (tertiary/aromatic N) is 2. The van der Waals surface area contributed by atoms with Crippen LogP contribution in [0.15, 0.2) is 12.1 Å². The number of likely N-dealkylation sites (tertiary alicyclic amines) is 1. The lowest BCUT2D eigenvalue weighted by molar-refractivity contribution is -0.115. The maximum Gasteiger partial charge on any atom is 0.405 e. The number of hydrogen-bond donors (Lipinski definition) is 1. The lowest BCUT2D eigenvalue weighted by Gasteiger charge is -2.23. The van der Waals surface area contributed by atoms with Gasteiger partial charge in [-0.05, 0) is 75.2 Å². The Morgan fingerprint density at radius 3 is 2.48 bits per heavy atom. The van der Waals surface area contributed by atoms with Gasteiger partial charge in [-0.3, -0.25) is 0 Å². The molecule has 1 aliphatic heterocycles. The molecule has 0 bridgehead atoms. The lowest BCUT2D eigenvalue weighted by atomic mass is 9.89. The SMILES string of the molecule is COc1cc2c3c(c(NCC(F)(F)F)nc2cc1OCCCN1CCCC1)CCCC3. The molecule has 0 unspecified atom stereocenters. The maximum atomic E-state index is 12.8. The molecule has 8 heteroatoms. The van der Waals surface area contributed by atoms with Crippen LogP contribution in [-0.2, 0) is 12.8 Å². The van der Waals surface area contributed by atoms with Crippen LogP contribution in [0.2, 0.25) is 0 Å². The van der Waals surface area contributed by atoms with Crippen molar-refractivity contribution in [1.29, 1.82) is 0 Å². The maximum absolute atomic E-state index is 12.8. The first-order valence-corrected chi connectivity index (χ1v) is 11.1. The Kier molecular flexibility index (Phi) is 6.74. The third kappa shape index (κ3) is 5.34. The lowest BCUT2D eigenvalue weighted by Crippen LogP contribution is -2.23. The van der Waals surface area contributed by atoms with E-state index >= 15 is 0 Å². The van der Waals surface area contributed by atoms with Crippen LogP contribution in [0.4, 0.5) is 19.0 Å². The van der Waals surface area contributed by atoms with Crippen molar-refractivity contribution in [1.82, 2.24) is 9.88 Å². The summed E-state index contributed by atoms with van der Waals surface area (Å²) in [5.74, 6) is 1.56. The molecule has 2 aliphatic rings. The van der Waals surface area contributed by atoms with Gasteiger partial charge in [0.05, 0.1) is 19.2 Å². The van der Waals surface area contributed by atoms with Gasteiger partial charge in [-0.1, -0.05) is 0 Å². The first kappa shape index (κ1) is 22.0. The van der Waals surface area contributed by atoms with Crippen LogP contribution in [0.5, 0.6) is 11.5 Å². The van der Waals surface area contributed by atoms with Gasteiger partial charge in [0.2, 0.25) is 0 Å². The van der Waals surface area contributed by atoms with E-state index in [4.69, 9.17) is 9.47 Å². The number of fused-ring (bicyclic) bond motifs is 3. The number of halogens is 3. The monoisotopic (exact) mass is 437 g/mol. The fourth-order valence-corrected chi connectivity index (χ4v) is 4.61. The van der Waals surface area contributed by atoms with E-state index in [1.54, 1.807) is 13.2 Å². The van der Waals surface area contributed by atoms with Gasteiger partial charge < -0.3 is 19.7 Å². The number of benzene rings is 1. The van der Waals surface area contributed by atoms with Crippen LogP contribution in [-0.4, -0.2) is 56.0 Å². The molecule has 0 radical (unpaired) electrons. The summed E-state index contributed by atoms with van der Waals surface area (Å²) in [6.45, 7) is 2.79.